The summed E-state index contributed by atoms with van der Waals surface area (Å²) in [4.78, 5) is 31.1. The molecule has 2 heterocycles. The van der Waals surface area contributed by atoms with Gasteiger partial charge in [-0.3, -0.25) is 9.59 Å². The molecule has 1 aromatic rings. The molecule has 2 aliphatic rings. The van der Waals surface area contributed by atoms with Crippen LogP contribution in [0, 0.1) is 22.2 Å². The SMILES string of the molecule is CN(C)C(=O)C1CC2(CCN(c3ccc(C#N)c(C(F)(F)F)c3)CC2)CN1C(=O)C(C)(C)C. The summed E-state index contributed by atoms with van der Waals surface area (Å²) in [6.45, 7) is 7.02. The number of carbonyl (C=O) groups excluding carboxylic acids is 2. The summed E-state index contributed by atoms with van der Waals surface area (Å²) < 4.78 is 40.1. The molecule has 3 rings (SSSR count). The number of nitriles is 1. The molecule has 1 aromatic carbocycles. The minimum Gasteiger partial charge on any atom is -0.371 e. The van der Waals surface area contributed by atoms with Gasteiger partial charge in [0.15, 0.2) is 0 Å². The molecule has 0 aliphatic carbocycles. The number of benzene rings is 1. The van der Waals surface area contributed by atoms with Crippen molar-refractivity contribution >= 4 is 17.5 Å². The Labute approximate surface area is 192 Å². The van der Waals surface area contributed by atoms with E-state index in [-0.39, 0.29) is 17.2 Å². The maximum absolute atomic E-state index is 13.4. The van der Waals surface area contributed by atoms with Crippen LogP contribution in [0.25, 0.3) is 0 Å². The maximum atomic E-state index is 13.4. The van der Waals surface area contributed by atoms with E-state index >= 15 is 0 Å². The van der Waals surface area contributed by atoms with Crippen molar-refractivity contribution in [2.75, 3.05) is 38.6 Å². The van der Waals surface area contributed by atoms with Crippen LogP contribution in [0.3, 0.4) is 0 Å². The molecule has 2 fully saturated rings. The summed E-state index contributed by atoms with van der Waals surface area (Å²) in [5.74, 6) is -0.169. The molecule has 2 saturated heterocycles. The molecule has 0 saturated carbocycles. The Morgan fingerprint density at radius 3 is 2.24 bits per heavy atom. The van der Waals surface area contributed by atoms with Gasteiger partial charge in [0.05, 0.1) is 17.2 Å². The lowest BCUT2D eigenvalue weighted by atomic mass is 9.76. The van der Waals surface area contributed by atoms with E-state index < -0.39 is 28.8 Å². The Kier molecular flexibility index (Phi) is 6.44. The Hall–Kier alpha value is -2.76. The molecule has 1 atom stereocenters. The van der Waals surface area contributed by atoms with Crippen LogP contribution in [0.2, 0.25) is 0 Å². The second kappa shape index (κ2) is 8.54. The van der Waals surface area contributed by atoms with Crippen LogP contribution in [0.15, 0.2) is 18.2 Å². The summed E-state index contributed by atoms with van der Waals surface area (Å²) in [6, 6.07) is 4.90. The van der Waals surface area contributed by atoms with Crippen molar-refractivity contribution < 1.29 is 22.8 Å². The summed E-state index contributed by atoms with van der Waals surface area (Å²) in [7, 11) is 3.36. The van der Waals surface area contributed by atoms with Crippen LogP contribution in [0.1, 0.15) is 51.2 Å². The highest BCUT2D eigenvalue weighted by Crippen LogP contribution is 2.46. The van der Waals surface area contributed by atoms with Crippen molar-refractivity contribution in [2.24, 2.45) is 10.8 Å². The predicted octanol–water partition coefficient (Wildman–Crippen LogP) is 3.90. The second-order valence-corrected chi connectivity index (χ2v) is 10.5. The Morgan fingerprint density at radius 2 is 1.76 bits per heavy atom. The van der Waals surface area contributed by atoms with Gasteiger partial charge >= 0.3 is 6.18 Å². The lowest BCUT2D eigenvalue weighted by molar-refractivity contribution is -0.147. The fourth-order valence-corrected chi connectivity index (χ4v) is 4.88. The van der Waals surface area contributed by atoms with Crippen LogP contribution in [-0.2, 0) is 15.8 Å². The van der Waals surface area contributed by atoms with Crippen LogP contribution < -0.4 is 4.90 Å². The van der Waals surface area contributed by atoms with E-state index in [4.69, 9.17) is 5.26 Å². The molecule has 0 radical (unpaired) electrons. The van der Waals surface area contributed by atoms with Crippen LogP contribution in [0.4, 0.5) is 18.9 Å². The molecular weight excluding hydrogens is 433 g/mol. The molecule has 33 heavy (non-hydrogen) atoms. The fourth-order valence-electron chi connectivity index (χ4n) is 4.88. The van der Waals surface area contributed by atoms with Crippen molar-refractivity contribution in [1.29, 1.82) is 5.26 Å². The lowest BCUT2D eigenvalue weighted by Gasteiger charge is -2.40. The highest BCUT2D eigenvalue weighted by Gasteiger charge is 2.51. The first kappa shape index (κ1) is 24.9. The topological polar surface area (TPSA) is 67.7 Å². The predicted molar refractivity (Wildman–Crippen MR) is 118 cm³/mol. The number of rotatable bonds is 2. The quantitative estimate of drug-likeness (QED) is 0.666. The Morgan fingerprint density at radius 1 is 1.15 bits per heavy atom. The zero-order valence-corrected chi connectivity index (χ0v) is 19.8. The number of nitrogens with zero attached hydrogens (tertiary/aromatic N) is 4. The molecule has 6 nitrogen and oxygen atoms in total. The number of alkyl halides is 3. The van der Waals surface area contributed by atoms with Crippen molar-refractivity contribution in [1.82, 2.24) is 9.80 Å². The molecule has 0 N–H and O–H groups in total. The van der Waals surface area contributed by atoms with Gasteiger partial charge in [-0.05, 0) is 42.9 Å². The van der Waals surface area contributed by atoms with Crippen LogP contribution in [-0.4, -0.2) is 61.4 Å². The van der Waals surface area contributed by atoms with Gasteiger partial charge in [0.25, 0.3) is 0 Å². The summed E-state index contributed by atoms with van der Waals surface area (Å²) in [5, 5.41) is 9.03. The number of amides is 2. The molecule has 0 aromatic heterocycles. The minimum absolute atomic E-state index is 0.0658. The Bertz CT molecular complexity index is 967. The van der Waals surface area contributed by atoms with E-state index in [0.717, 1.165) is 6.07 Å². The summed E-state index contributed by atoms with van der Waals surface area (Å²) in [5.41, 5.74) is -1.75. The van der Waals surface area contributed by atoms with Crippen molar-refractivity contribution in [3.05, 3.63) is 29.3 Å². The van der Waals surface area contributed by atoms with Gasteiger partial charge in [-0.2, -0.15) is 18.4 Å². The number of halogens is 3. The number of hydrogen-bond donors (Lipinski definition) is 0. The normalized spacial score (nSPS) is 20.6. The standard InChI is InChI=1S/C24H31F3N4O2/c1-22(2,3)21(33)31-15-23(13-19(31)20(32)29(4)5)8-10-30(11-9-23)17-7-6-16(14-28)18(12-17)24(25,26)27/h6-7,12,19H,8-11,13,15H2,1-5H3. The van der Waals surface area contributed by atoms with Gasteiger partial charge in [-0.1, -0.05) is 20.8 Å². The third kappa shape index (κ3) is 4.94. The van der Waals surface area contributed by atoms with E-state index in [2.05, 4.69) is 0 Å². The average molecular weight is 465 g/mol. The molecule has 180 valence electrons. The highest BCUT2D eigenvalue weighted by atomic mass is 19.4. The second-order valence-electron chi connectivity index (χ2n) is 10.5. The number of carbonyl (C=O) groups is 2. The zero-order valence-electron chi connectivity index (χ0n) is 19.8. The first-order valence-electron chi connectivity index (χ1n) is 11.1. The number of hydrogen-bond acceptors (Lipinski definition) is 4. The first-order valence-corrected chi connectivity index (χ1v) is 11.1. The minimum atomic E-state index is -4.60. The van der Waals surface area contributed by atoms with Crippen molar-refractivity contribution in [2.45, 2.75) is 52.3 Å². The van der Waals surface area contributed by atoms with Gasteiger partial charge in [0, 0.05) is 44.8 Å². The number of anilines is 1. The number of likely N-dealkylation sites (tertiary alicyclic amines) is 1. The van der Waals surface area contributed by atoms with Crippen LogP contribution >= 0.6 is 0 Å². The van der Waals surface area contributed by atoms with E-state index in [0.29, 0.717) is 44.6 Å². The molecule has 2 aliphatic heterocycles. The van der Waals surface area contributed by atoms with Gasteiger partial charge < -0.3 is 14.7 Å². The first-order chi connectivity index (χ1) is 15.2. The lowest BCUT2D eigenvalue weighted by Crippen LogP contribution is -2.49. The summed E-state index contributed by atoms with van der Waals surface area (Å²) >= 11 is 0. The molecule has 0 bridgehead atoms. The van der Waals surface area contributed by atoms with Crippen molar-refractivity contribution in [3.8, 4) is 6.07 Å². The van der Waals surface area contributed by atoms with E-state index in [1.807, 2.05) is 25.7 Å². The monoisotopic (exact) mass is 464 g/mol. The molecule has 1 unspecified atom stereocenters. The zero-order chi connectivity index (χ0) is 24.8. The van der Waals surface area contributed by atoms with E-state index in [1.54, 1.807) is 31.1 Å². The highest BCUT2D eigenvalue weighted by molar-refractivity contribution is 5.90. The summed E-state index contributed by atoms with van der Waals surface area (Å²) in [6.07, 6.45) is -2.71. The number of likely N-dealkylation sites (N-methyl/N-ethyl adjacent to an activating group) is 1. The van der Waals surface area contributed by atoms with Gasteiger partial charge in [-0.15, -0.1) is 0 Å². The molecule has 2 amide bonds. The maximum Gasteiger partial charge on any atom is 0.417 e. The molecular formula is C24H31F3N4O2. The van der Waals surface area contributed by atoms with E-state index in [1.165, 1.54) is 11.0 Å². The van der Waals surface area contributed by atoms with Crippen LogP contribution in [0.5, 0.6) is 0 Å². The number of piperidine rings is 1. The largest absolute Gasteiger partial charge is 0.417 e. The molecule has 9 heteroatoms. The van der Waals surface area contributed by atoms with Gasteiger partial charge in [0.2, 0.25) is 11.8 Å². The third-order valence-corrected chi connectivity index (χ3v) is 6.75. The Balaban J connectivity index is 1.81. The fraction of sp³-hybridized carbons (Fsp3) is 0.625. The third-order valence-electron chi connectivity index (χ3n) is 6.75. The average Bonchev–Trinajstić information content (AvgIpc) is 3.10. The van der Waals surface area contributed by atoms with Crippen molar-refractivity contribution in [3.63, 3.8) is 0 Å². The van der Waals surface area contributed by atoms with E-state index in [9.17, 15) is 22.8 Å². The smallest absolute Gasteiger partial charge is 0.371 e. The van der Waals surface area contributed by atoms with Gasteiger partial charge in [0.1, 0.15) is 6.04 Å². The van der Waals surface area contributed by atoms with Gasteiger partial charge in [-0.25, -0.2) is 0 Å². The molecule has 1 spiro atoms.